The molecule has 8 heteroatoms. The van der Waals surface area contributed by atoms with Crippen LogP contribution in [0.3, 0.4) is 0 Å². The van der Waals surface area contributed by atoms with Gasteiger partial charge in [-0.2, -0.15) is 18.2 Å². The van der Waals surface area contributed by atoms with E-state index in [1.54, 1.807) is 18.2 Å². The van der Waals surface area contributed by atoms with Crippen LogP contribution in [0.4, 0.5) is 0 Å². The second-order valence-corrected chi connectivity index (χ2v) is 29.1. The summed E-state index contributed by atoms with van der Waals surface area (Å²) >= 11 is 0. The molecule has 0 atom stereocenters. The molecule has 0 amide bonds. The van der Waals surface area contributed by atoms with E-state index in [1.165, 1.54) is 0 Å². The maximum atomic E-state index is 9.97. The fourth-order valence-electron chi connectivity index (χ4n) is 13.7. The van der Waals surface area contributed by atoms with Gasteiger partial charge in [0.2, 0.25) is 0 Å². The molecule has 1 aliphatic rings. The molecule has 0 unspecified atom stereocenters. The minimum absolute atomic E-state index is 0. The number of para-hydroxylation sites is 3. The van der Waals surface area contributed by atoms with Gasteiger partial charge in [-0.05, 0) is 141 Å². The molecule has 1 aliphatic heterocycles. The van der Waals surface area contributed by atoms with E-state index in [0.29, 0.717) is 61.7 Å². The number of imidazole rings is 1. The van der Waals surface area contributed by atoms with Crippen molar-refractivity contribution in [3.05, 3.63) is 308 Å². The summed E-state index contributed by atoms with van der Waals surface area (Å²) in [5.41, 5.74) is 12.2. The van der Waals surface area contributed by atoms with Crippen molar-refractivity contribution in [3.8, 4) is 73.2 Å². The summed E-state index contributed by atoms with van der Waals surface area (Å²) in [4.78, 5) is 4.91. The first-order valence-electron chi connectivity index (χ1n) is 38.3. The largest absolute Gasteiger partial charge is 0.510 e. The molecule has 0 saturated heterocycles. The third-order valence-corrected chi connectivity index (χ3v) is 22.2. The first-order chi connectivity index (χ1) is 51.6. The van der Waals surface area contributed by atoms with Gasteiger partial charge in [0, 0.05) is 55.1 Å². The van der Waals surface area contributed by atoms with Gasteiger partial charge in [-0.25, -0.2) is 4.98 Å². The van der Waals surface area contributed by atoms with Crippen molar-refractivity contribution in [1.82, 2.24) is 14.1 Å². The molecule has 16 aromatic rings. The smallest absolute Gasteiger partial charge is 0.268 e. The van der Waals surface area contributed by atoms with Crippen LogP contribution < -0.4 is 30.1 Å². The van der Waals surface area contributed by atoms with E-state index in [1.807, 2.05) is 143 Å². The molecule has 0 saturated carbocycles. The average molecular weight is 1420 g/mol. The quantitative estimate of drug-likeness (QED) is 0.0626. The Bertz CT molecular complexity index is 6360. The van der Waals surface area contributed by atoms with Crippen molar-refractivity contribution in [3.63, 3.8) is 0 Å². The maximum absolute atomic E-state index is 9.97. The summed E-state index contributed by atoms with van der Waals surface area (Å²) in [6, 6.07) is 53.6. The van der Waals surface area contributed by atoms with Crippen molar-refractivity contribution in [2.45, 2.75) is 52.4 Å². The van der Waals surface area contributed by atoms with Crippen LogP contribution in [-0.4, -0.2) is 22.2 Å². The SMILES string of the molecule is [2H]c1c([2H])c([2H])c([Si](c2ccc3c(c2)-c2cccc(C(C)(C)C)c2-[n+]2[c-]n(-c4[c-]c(Oc5[c-]c6c(cc5)c5ccccc5n6-c5cc(C(C)(C)C)ccn5)ccc4)c4cc(-c5ccc6oc7ccccc7c6c5)cc(c42)-c2ccccc2-3)(c2c([2H])c([2H])c([2H])c([2H])c2[2H])c2c([2H])c([2H])c([2H])c([2H])c2[2H])c([2H])c1[2H].[Pt]. The monoisotopic (exact) mass is 1420 g/mol. The van der Waals surface area contributed by atoms with Crippen LogP contribution >= 0.6 is 0 Å². The molecule has 0 aliphatic carbocycles. The van der Waals surface area contributed by atoms with E-state index in [9.17, 15) is 16.4 Å². The Labute approximate surface area is 584 Å². The predicted molar refractivity (Wildman–Crippen MR) is 384 cm³/mol. The number of rotatable bonds is 9. The van der Waals surface area contributed by atoms with Gasteiger partial charge in [-0.15, -0.1) is 29.7 Å². The van der Waals surface area contributed by atoms with Crippen LogP contribution in [0.5, 0.6) is 11.5 Å². The summed E-state index contributed by atoms with van der Waals surface area (Å²) in [5.74, 6) is 1.53. The van der Waals surface area contributed by atoms with Crippen molar-refractivity contribution in [1.29, 1.82) is 0 Å². The van der Waals surface area contributed by atoms with E-state index in [2.05, 4.69) is 101 Å². The minimum atomic E-state index is -5.64. The third kappa shape index (κ3) is 9.54. The fraction of sp³-hybridized carbons (Fsp3) is 0.0930. The summed E-state index contributed by atoms with van der Waals surface area (Å²) in [6.45, 7) is 12.8. The van der Waals surface area contributed by atoms with Crippen LogP contribution in [0.1, 0.15) is 73.2 Å². The molecule has 6 nitrogen and oxygen atoms in total. The number of furan rings is 1. The average Bonchev–Trinajstić information content (AvgIpc) is 1.36. The molecule has 0 fully saturated rings. The Morgan fingerprint density at radius 1 is 0.479 bits per heavy atom. The minimum Gasteiger partial charge on any atom is -0.510 e. The summed E-state index contributed by atoms with van der Waals surface area (Å²) in [7, 11) is -5.64. The van der Waals surface area contributed by atoms with Gasteiger partial charge in [0.25, 0.3) is 6.33 Å². The van der Waals surface area contributed by atoms with Crippen molar-refractivity contribution in [2.75, 3.05) is 0 Å². The number of pyridine rings is 1. The number of benzene rings is 12. The van der Waals surface area contributed by atoms with Gasteiger partial charge in [-0.3, -0.25) is 4.57 Å². The van der Waals surface area contributed by atoms with Crippen molar-refractivity contribution < 1.29 is 55.3 Å². The Hall–Kier alpha value is -10.4. The van der Waals surface area contributed by atoms with Gasteiger partial charge < -0.3 is 18.3 Å². The zero-order valence-corrected chi connectivity index (χ0v) is 55.1. The number of hydrogen-bond donors (Lipinski definition) is 0. The zero-order chi connectivity index (χ0) is 75.8. The first kappa shape index (κ1) is 44.2. The molecule has 17 rings (SSSR count). The number of hydrogen-bond acceptors (Lipinski definition) is 3. The van der Waals surface area contributed by atoms with E-state index in [4.69, 9.17) is 18.3 Å². The number of nitrogens with zero attached hydrogens (tertiary/aromatic N) is 4. The predicted octanol–water partition coefficient (Wildman–Crippen LogP) is 18.4. The molecule has 0 spiro atoms. The van der Waals surface area contributed by atoms with Crippen LogP contribution in [0.15, 0.2) is 283 Å². The van der Waals surface area contributed by atoms with Crippen molar-refractivity contribution in [2.24, 2.45) is 0 Å². The zero-order valence-electron chi connectivity index (χ0n) is 66.8. The summed E-state index contributed by atoms with van der Waals surface area (Å²) in [5, 5.41) is 2.03. The first-order valence-corrected chi connectivity index (χ1v) is 32.8. The van der Waals surface area contributed by atoms with Gasteiger partial charge >= 0.3 is 0 Å². The van der Waals surface area contributed by atoms with Crippen LogP contribution in [0.25, 0.3) is 116 Å². The number of fused-ring (bicyclic) bond motifs is 13. The Balaban J connectivity index is 0.00000904. The fourth-order valence-corrected chi connectivity index (χ4v) is 17.5. The second kappa shape index (κ2) is 22.7. The molecule has 94 heavy (non-hydrogen) atoms. The van der Waals surface area contributed by atoms with Crippen LogP contribution in [0, 0.1) is 18.5 Å². The Morgan fingerprint density at radius 2 is 1.12 bits per heavy atom. The number of ether oxygens (including phenoxy) is 1. The van der Waals surface area contributed by atoms with Gasteiger partial charge in [0.15, 0.2) is 8.07 Å². The van der Waals surface area contributed by atoms with Gasteiger partial charge in [0.05, 0.1) is 37.3 Å². The van der Waals surface area contributed by atoms with E-state index >= 15 is 0 Å². The molecular weight excluding hydrogens is 1340 g/mol. The molecule has 12 aromatic carbocycles. The molecule has 0 bridgehead atoms. The van der Waals surface area contributed by atoms with E-state index < -0.39 is 120 Å². The Morgan fingerprint density at radius 3 is 1.84 bits per heavy atom. The van der Waals surface area contributed by atoms with Crippen LogP contribution in [0.2, 0.25) is 0 Å². The standard InChI is InChI=1S/C86H64N4O2Si.Pt/c1-85(2,3)58-46-47-87-82(51-58)90-77-38-20-18-34-69(77)70-43-41-61(53-78(70)90)91-60-25-22-24-59(52-60)88-55-89-83-72(36-23-37-76(83)86(4,5)6)73-54-65(93(62-26-10-7-11-27-62,63-28-12-8-13-29-63)64-30-14-9-15-31-64)42-44-68(73)66-32-16-17-33-67(66)75-49-57(50-79(88)84(75)89)56-40-45-81-74(48-56)71-35-19-21-39-80(71)92-81;/h7-51,54H,1-6H3;/q-2;/i7D,8D,9D,10D,11D,12D,13D,14D,15D,26D,27D,28D,29D,30D,31D;. The molecular formula is C86H64N4O2PtSi-2. The van der Waals surface area contributed by atoms with Gasteiger partial charge in [0.1, 0.15) is 17.0 Å². The normalized spacial score (nSPS) is 14.5. The molecule has 0 N–H and O–H groups in total. The Kier molecular flexibility index (Phi) is 10.7. The van der Waals surface area contributed by atoms with E-state index in [0.717, 1.165) is 77.4 Å². The molecule has 4 aromatic heterocycles. The maximum Gasteiger partial charge on any atom is 0.268 e. The van der Waals surface area contributed by atoms with Crippen molar-refractivity contribution >= 4 is 83.6 Å². The molecule has 5 heterocycles. The second-order valence-electron chi connectivity index (χ2n) is 25.6. The third-order valence-electron chi connectivity index (χ3n) is 18.0. The summed E-state index contributed by atoms with van der Waals surface area (Å²) < 4.78 is 162. The van der Waals surface area contributed by atoms with E-state index in [-0.39, 0.29) is 31.7 Å². The topological polar surface area (TPSA) is 49.0 Å². The molecule has 456 valence electrons. The van der Waals surface area contributed by atoms with Gasteiger partial charge in [-0.1, -0.05) is 247 Å². The number of aromatic nitrogens is 4. The molecule has 0 radical (unpaired) electrons. The van der Waals surface area contributed by atoms with Crippen LogP contribution in [-0.2, 0) is 31.9 Å². The summed E-state index contributed by atoms with van der Waals surface area (Å²) in [6.07, 6.45) is 5.73.